The van der Waals surface area contributed by atoms with E-state index in [2.05, 4.69) is 28.6 Å². The van der Waals surface area contributed by atoms with Crippen LogP contribution in [-0.4, -0.2) is 64.3 Å². The van der Waals surface area contributed by atoms with E-state index in [-0.39, 0.29) is 24.3 Å². The van der Waals surface area contributed by atoms with Crippen molar-refractivity contribution in [3.8, 4) is 5.75 Å². The number of nitrogens with one attached hydrogen (secondary N) is 3. The summed E-state index contributed by atoms with van der Waals surface area (Å²) < 4.78 is 0. The molecule has 0 saturated heterocycles. The number of carbonyl (C=O) groups is 4. The Morgan fingerprint density at radius 3 is 2.00 bits per heavy atom. The summed E-state index contributed by atoms with van der Waals surface area (Å²) in [5, 5.41) is 25.5. The molecule has 34 heavy (non-hydrogen) atoms. The van der Waals surface area contributed by atoms with Gasteiger partial charge in [-0.15, -0.1) is 0 Å². The van der Waals surface area contributed by atoms with Gasteiger partial charge < -0.3 is 31.9 Å². The van der Waals surface area contributed by atoms with Crippen molar-refractivity contribution in [2.45, 2.75) is 31.0 Å². The minimum atomic E-state index is -1.23. The van der Waals surface area contributed by atoms with Crippen LogP contribution < -0.4 is 21.7 Å². The monoisotopic (exact) mass is 488 g/mol. The Hall–Kier alpha value is -3.57. The largest absolute Gasteiger partial charge is 0.508 e. The molecule has 2 rings (SSSR count). The van der Waals surface area contributed by atoms with E-state index in [4.69, 9.17) is 10.8 Å². The van der Waals surface area contributed by atoms with Crippen LogP contribution in [0.15, 0.2) is 54.6 Å². The van der Waals surface area contributed by atoms with Gasteiger partial charge in [0.15, 0.2) is 0 Å². The van der Waals surface area contributed by atoms with E-state index in [0.717, 1.165) is 11.1 Å². The minimum Gasteiger partial charge on any atom is -0.508 e. The van der Waals surface area contributed by atoms with Gasteiger partial charge in [-0.3, -0.25) is 19.2 Å². The molecule has 3 atom stereocenters. The van der Waals surface area contributed by atoms with Crippen molar-refractivity contribution in [3.05, 3.63) is 65.7 Å². The fourth-order valence-electron chi connectivity index (χ4n) is 3.07. The van der Waals surface area contributed by atoms with Crippen LogP contribution in [0.3, 0.4) is 0 Å². The second-order valence-corrected chi connectivity index (χ2v) is 7.95. The van der Waals surface area contributed by atoms with E-state index in [9.17, 15) is 24.3 Å². The highest BCUT2D eigenvalue weighted by Crippen LogP contribution is 2.11. The molecule has 10 nitrogen and oxygen atoms in total. The fourth-order valence-corrected chi connectivity index (χ4v) is 3.33. The molecule has 0 aliphatic heterocycles. The lowest BCUT2D eigenvalue weighted by molar-refractivity contribution is -0.138. The molecule has 182 valence electrons. The van der Waals surface area contributed by atoms with Gasteiger partial charge in [0, 0.05) is 12.2 Å². The van der Waals surface area contributed by atoms with Crippen molar-refractivity contribution in [2.24, 2.45) is 5.73 Å². The molecule has 0 saturated carbocycles. The molecule has 0 heterocycles. The van der Waals surface area contributed by atoms with E-state index in [1.165, 1.54) is 12.1 Å². The number of aliphatic carboxylic acids is 1. The Morgan fingerprint density at radius 2 is 1.41 bits per heavy atom. The first-order valence-corrected chi connectivity index (χ1v) is 11.1. The third kappa shape index (κ3) is 8.75. The second kappa shape index (κ2) is 13.2. The fraction of sp³-hybridized carbons (Fsp3) is 0.304. The highest BCUT2D eigenvalue weighted by atomic mass is 32.1. The number of phenolic OH excluding ortho intramolecular Hbond substituents is 1. The zero-order valence-electron chi connectivity index (χ0n) is 18.3. The number of hydrogen-bond acceptors (Lipinski definition) is 7. The quantitative estimate of drug-likeness (QED) is 0.199. The molecule has 0 aromatic heterocycles. The molecule has 2 aromatic rings. The molecule has 7 N–H and O–H groups in total. The van der Waals surface area contributed by atoms with Crippen molar-refractivity contribution in [1.82, 2.24) is 16.0 Å². The minimum absolute atomic E-state index is 0.0798. The van der Waals surface area contributed by atoms with Gasteiger partial charge in [0.05, 0.1) is 6.04 Å². The van der Waals surface area contributed by atoms with E-state index in [0.29, 0.717) is 0 Å². The number of benzene rings is 2. The predicted molar refractivity (Wildman–Crippen MR) is 128 cm³/mol. The van der Waals surface area contributed by atoms with Crippen molar-refractivity contribution < 1.29 is 29.4 Å². The van der Waals surface area contributed by atoms with Gasteiger partial charge in [-0.05, 0) is 29.7 Å². The Labute approximate surface area is 202 Å². The highest BCUT2D eigenvalue weighted by molar-refractivity contribution is 7.80. The average Bonchev–Trinajstić information content (AvgIpc) is 2.82. The number of rotatable bonds is 12. The lowest BCUT2D eigenvalue weighted by atomic mass is 10.0. The van der Waals surface area contributed by atoms with Crippen LogP contribution in [0.2, 0.25) is 0 Å². The summed E-state index contributed by atoms with van der Waals surface area (Å²) in [5.41, 5.74) is 7.54. The van der Waals surface area contributed by atoms with Crippen LogP contribution in [0, 0.1) is 0 Å². The van der Waals surface area contributed by atoms with Gasteiger partial charge in [-0.2, -0.15) is 12.6 Å². The third-order valence-corrected chi connectivity index (χ3v) is 5.24. The number of phenols is 1. The van der Waals surface area contributed by atoms with Crippen molar-refractivity contribution in [3.63, 3.8) is 0 Å². The molecule has 0 aliphatic carbocycles. The summed E-state index contributed by atoms with van der Waals surface area (Å²) in [6.07, 6.45) is 0.322. The molecule has 0 aliphatic rings. The third-order valence-electron chi connectivity index (χ3n) is 4.87. The summed E-state index contributed by atoms with van der Waals surface area (Å²) in [4.78, 5) is 48.6. The Balaban J connectivity index is 2.10. The number of hydrogen-bond donors (Lipinski definition) is 7. The number of nitrogens with two attached hydrogens (primary N) is 1. The van der Waals surface area contributed by atoms with Crippen LogP contribution >= 0.6 is 12.6 Å². The molecule has 0 fully saturated rings. The highest BCUT2D eigenvalue weighted by Gasteiger charge is 2.28. The number of aromatic hydroxyl groups is 1. The number of thiol groups is 1. The molecule has 0 spiro atoms. The van der Waals surface area contributed by atoms with Gasteiger partial charge in [-0.1, -0.05) is 42.5 Å². The number of carboxylic acids is 1. The van der Waals surface area contributed by atoms with Gasteiger partial charge in [-0.25, -0.2) is 0 Å². The lowest BCUT2D eigenvalue weighted by Crippen LogP contribution is -2.57. The Kier molecular flexibility index (Phi) is 10.4. The van der Waals surface area contributed by atoms with Crippen LogP contribution in [0.25, 0.3) is 0 Å². The summed E-state index contributed by atoms with van der Waals surface area (Å²) in [6, 6.07) is 12.1. The SMILES string of the molecule is NC(Cc1ccc(O)cc1)C(=O)NC(Cc1ccccc1)C(=O)NC(CS)C(=O)NCC(=O)O. The maximum atomic E-state index is 13.0. The summed E-state index contributed by atoms with van der Waals surface area (Å²) in [6.45, 7) is -0.602. The molecule has 3 unspecified atom stereocenters. The smallest absolute Gasteiger partial charge is 0.322 e. The van der Waals surface area contributed by atoms with Gasteiger partial charge >= 0.3 is 5.97 Å². The van der Waals surface area contributed by atoms with E-state index < -0.39 is 48.4 Å². The van der Waals surface area contributed by atoms with Gasteiger partial charge in [0.25, 0.3) is 0 Å². The predicted octanol–water partition coefficient (Wildman–Crippen LogP) is -0.395. The molecule has 2 aromatic carbocycles. The van der Waals surface area contributed by atoms with Crippen LogP contribution in [0.4, 0.5) is 0 Å². The number of carbonyl (C=O) groups excluding carboxylic acids is 3. The van der Waals surface area contributed by atoms with E-state index in [1.54, 1.807) is 36.4 Å². The lowest BCUT2D eigenvalue weighted by Gasteiger charge is -2.23. The molecule has 3 amide bonds. The zero-order valence-corrected chi connectivity index (χ0v) is 19.2. The van der Waals surface area contributed by atoms with Gasteiger partial charge in [0.2, 0.25) is 17.7 Å². The molecule has 0 radical (unpaired) electrons. The second-order valence-electron chi connectivity index (χ2n) is 7.58. The first-order chi connectivity index (χ1) is 16.2. The van der Waals surface area contributed by atoms with E-state index in [1.807, 2.05) is 6.07 Å². The maximum absolute atomic E-state index is 13.0. The van der Waals surface area contributed by atoms with Crippen molar-refractivity contribution in [1.29, 1.82) is 0 Å². The Morgan fingerprint density at radius 1 is 0.824 bits per heavy atom. The molecular weight excluding hydrogens is 460 g/mol. The maximum Gasteiger partial charge on any atom is 0.322 e. The van der Waals surface area contributed by atoms with Gasteiger partial charge in [0.1, 0.15) is 24.4 Å². The first-order valence-electron chi connectivity index (χ1n) is 10.5. The van der Waals surface area contributed by atoms with Crippen LogP contribution in [0.1, 0.15) is 11.1 Å². The number of amides is 3. The molecular formula is C23H28N4O6S. The Bertz CT molecular complexity index is 987. The van der Waals surface area contributed by atoms with Crippen LogP contribution in [0.5, 0.6) is 5.75 Å². The summed E-state index contributed by atoms with van der Waals surface area (Å²) in [7, 11) is 0. The summed E-state index contributed by atoms with van der Waals surface area (Å²) >= 11 is 4.06. The molecule has 11 heteroatoms. The standard InChI is InChI=1S/C23H28N4O6S/c24-17(10-15-6-8-16(28)9-7-15)21(31)26-18(11-14-4-2-1-3-5-14)23(33)27-19(13-34)22(32)25-12-20(29)30/h1-9,17-19,28,34H,10-13,24H2,(H,25,32)(H,26,31)(H,27,33)(H,29,30). The van der Waals surface area contributed by atoms with E-state index >= 15 is 0 Å². The average molecular weight is 489 g/mol. The number of carboxylic acid groups (broad SMARTS) is 1. The molecule has 0 bridgehead atoms. The summed E-state index contributed by atoms with van der Waals surface area (Å²) in [5.74, 6) is -3.13. The topological polar surface area (TPSA) is 171 Å². The first kappa shape index (κ1) is 26.7. The van der Waals surface area contributed by atoms with Crippen molar-refractivity contribution >= 4 is 36.3 Å². The van der Waals surface area contributed by atoms with Crippen LogP contribution in [-0.2, 0) is 32.0 Å². The normalized spacial score (nSPS) is 13.2. The zero-order chi connectivity index (χ0) is 25.1. The van der Waals surface area contributed by atoms with Crippen molar-refractivity contribution in [2.75, 3.05) is 12.3 Å².